The number of anilines is 2. The molecule has 0 spiro atoms. The molecule has 0 fully saturated rings. The lowest BCUT2D eigenvalue weighted by atomic mass is 10.2. The van der Waals surface area contributed by atoms with Crippen LogP contribution in [0, 0.1) is 6.92 Å². The molecule has 2 heterocycles. The van der Waals surface area contributed by atoms with Gasteiger partial charge in [-0.1, -0.05) is 6.92 Å². The minimum Gasteiger partial charge on any atom is -0.467 e. The number of hydrogen-bond acceptors (Lipinski definition) is 5. The molecule has 114 valence electrons. The molecule has 0 aromatic carbocycles. The molecule has 2 aromatic rings. The van der Waals surface area contributed by atoms with Gasteiger partial charge in [-0.2, -0.15) is 0 Å². The summed E-state index contributed by atoms with van der Waals surface area (Å²) < 4.78 is 5.42. The van der Waals surface area contributed by atoms with Crippen molar-refractivity contribution in [1.29, 1.82) is 0 Å². The van der Waals surface area contributed by atoms with Crippen molar-refractivity contribution in [2.24, 2.45) is 0 Å². The number of aryl methyl sites for hydroxylation is 1. The maximum atomic E-state index is 5.42. The Hall–Kier alpha value is -2.04. The van der Waals surface area contributed by atoms with E-state index in [1.165, 1.54) is 0 Å². The second kappa shape index (κ2) is 7.11. The average Bonchev–Trinajstić information content (AvgIpc) is 2.95. The van der Waals surface area contributed by atoms with Gasteiger partial charge in [-0.3, -0.25) is 0 Å². The third-order valence-electron chi connectivity index (χ3n) is 3.32. The fraction of sp³-hybridized carbons (Fsp3) is 0.500. The first-order valence-corrected chi connectivity index (χ1v) is 7.50. The van der Waals surface area contributed by atoms with Crippen LogP contribution in [0.3, 0.4) is 0 Å². The Morgan fingerprint density at radius 3 is 2.71 bits per heavy atom. The Kier molecular flexibility index (Phi) is 5.20. The number of aromatic nitrogens is 2. The largest absolute Gasteiger partial charge is 0.467 e. The molecule has 0 bridgehead atoms. The maximum absolute atomic E-state index is 5.42. The first kappa shape index (κ1) is 15.4. The van der Waals surface area contributed by atoms with E-state index in [1.807, 2.05) is 19.2 Å². The van der Waals surface area contributed by atoms with Gasteiger partial charge in [0.25, 0.3) is 0 Å². The molecule has 5 heteroatoms. The van der Waals surface area contributed by atoms with Crippen molar-refractivity contribution in [1.82, 2.24) is 9.97 Å². The topological polar surface area (TPSA) is 54.2 Å². The van der Waals surface area contributed by atoms with Gasteiger partial charge in [0.1, 0.15) is 23.2 Å². The molecular formula is C16H24N4O. The van der Waals surface area contributed by atoms with Gasteiger partial charge < -0.3 is 14.6 Å². The van der Waals surface area contributed by atoms with Crippen molar-refractivity contribution in [3.63, 3.8) is 0 Å². The molecule has 21 heavy (non-hydrogen) atoms. The molecule has 1 N–H and O–H groups in total. The van der Waals surface area contributed by atoms with Gasteiger partial charge in [0.05, 0.1) is 12.8 Å². The zero-order valence-corrected chi connectivity index (χ0v) is 13.3. The molecule has 0 saturated heterocycles. The lowest BCUT2D eigenvalue weighted by Gasteiger charge is -2.21. The van der Waals surface area contributed by atoms with Gasteiger partial charge in [-0.25, -0.2) is 9.97 Å². The molecule has 0 saturated carbocycles. The van der Waals surface area contributed by atoms with Gasteiger partial charge in [0, 0.05) is 25.6 Å². The molecule has 0 aliphatic rings. The molecule has 0 radical (unpaired) electrons. The van der Waals surface area contributed by atoms with Gasteiger partial charge in [0.2, 0.25) is 0 Å². The normalized spacial score (nSPS) is 10.7. The van der Waals surface area contributed by atoms with E-state index in [0.717, 1.165) is 48.2 Å². The van der Waals surface area contributed by atoms with E-state index >= 15 is 0 Å². The number of hydrogen-bond donors (Lipinski definition) is 1. The number of nitrogens with one attached hydrogen (secondary N) is 1. The van der Waals surface area contributed by atoms with Crippen LogP contribution in [0.2, 0.25) is 0 Å². The van der Waals surface area contributed by atoms with E-state index < -0.39 is 0 Å². The number of nitrogens with zero attached hydrogens (tertiary/aromatic N) is 3. The molecule has 0 unspecified atom stereocenters. The van der Waals surface area contributed by atoms with Crippen LogP contribution >= 0.6 is 0 Å². The lowest BCUT2D eigenvalue weighted by molar-refractivity contribution is 0.506. The summed E-state index contributed by atoms with van der Waals surface area (Å²) >= 11 is 0. The number of rotatable bonds is 7. The average molecular weight is 288 g/mol. The zero-order chi connectivity index (χ0) is 15.2. The Morgan fingerprint density at radius 2 is 2.10 bits per heavy atom. The van der Waals surface area contributed by atoms with E-state index in [-0.39, 0.29) is 0 Å². The number of furan rings is 1. The highest BCUT2D eigenvalue weighted by Crippen LogP contribution is 2.24. The van der Waals surface area contributed by atoms with Gasteiger partial charge in [-0.05, 0) is 32.4 Å². The molecule has 0 aliphatic carbocycles. The lowest BCUT2D eigenvalue weighted by Crippen LogP contribution is -2.21. The Bertz CT molecular complexity index is 566. The van der Waals surface area contributed by atoms with Crippen molar-refractivity contribution in [3.05, 3.63) is 35.5 Å². The Morgan fingerprint density at radius 1 is 1.29 bits per heavy atom. The van der Waals surface area contributed by atoms with Crippen LogP contribution in [0.15, 0.2) is 22.8 Å². The van der Waals surface area contributed by atoms with E-state index in [1.54, 1.807) is 6.26 Å². The second-order valence-electron chi connectivity index (χ2n) is 5.15. The molecule has 0 aliphatic heterocycles. The highest BCUT2D eigenvalue weighted by molar-refractivity contribution is 5.58. The van der Waals surface area contributed by atoms with Crippen LogP contribution in [0.1, 0.15) is 37.4 Å². The summed E-state index contributed by atoms with van der Waals surface area (Å²) in [5, 5.41) is 3.33. The fourth-order valence-corrected chi connectivity index (χ4v) is 2.31. The first-order chi connectivity index (χ1) is 10.2. The van der Waals surface area contributed by atoms with Crippen molar-refractivity contribution in [3.8, 4) is 0 Å². The van der Waals surface area contributed by atoms with Gasteiger partial charge in [-0.15, -0.1) is 0 Å². The summed E-state index contributed by atoms with van der Waals surface area (Å²) in [5.41, 5.74) is 1.07. The monoisotopic (exact) mass is 288 g/mol. The zero-order valence-electron chi connectivity index (χ0n) is 13.3. The van der Waals surface area contributed by atoms with E-state index in [0.29, 0.717) is 6.54 Å². The van der Waals surface area contributed by atoms with Crippen molar-refractivity contribution < 1.29 is 4.42 Å². The third-order valence-corrected chi connectivity index (χ3v) is 3.32. The fourth-order valence-electron chi connectivity index (χ4n) is 2.31. The summed E-state index contributed by atoms with van der Waals surface area (Å²) in [4.78, 5) is 11.4. The Balaban J connectivity index is 2.30. The van der Waals surface area contributed by atoms with Crippen LogP contribution < -0.4 is 10.2 Å². The van der Waals surface area contributed by atoms with E-state index in [4.69, 9.17) is 9.40 Å². The smallest absolute Gasteiger partial charge is 0.137 e. The van der Waals surface area contributed by atoms with Crippen LogP contribution in [0.5, 0.6) is 0 Å². The van der Waals surface area contributed by atoms with Crippen LogP contribution in [-0.2, 0) is 13.0 Å². The molecule has 5 nitrogen and oxygen atoms in total. The summed E-state index contributed by atoms with van der Waals surface area (Å²) in [6, 6.07) is 3.88. The molecule has 0 amide bonds. The Labute approximate surface area is 126 Å². The summed E-state index contributed by atoms with van der Waals surface area (Å²) in [6.45, 7) is 7.82. The van der Waals surface area contributed by atoms with Crippen LogP contribution in [0.25, 0.3) is 0 Å². The molecular weight excluding hydrogens is 264 g/mol. The highest BCUT2D eigenvalue weighted by Gasteiger charge is 2.14. The minimum absolute atomic E-state index is 0.696. The summed E-state index contributed by atoms with van der Waals surface area (Å²) in [5.74, 6) is 3.70. The SMILES string of the molecule is CCCc1nc(NCC)c(C)c(N(C)Cc2ccco2)n1. The van der Waals surface area contributed by atoms with Crippen molar-refractivity contribution in [2.75, 3.05) is 23.8 Å². The quantitative estimate of drug-likeness (QED) is 0.846. The standard InChI is InChI=1S/C16H24N4O/c1-5-8-14-18-15(17-6-2)12(3)16(19-14)20(4)11-13-9-7-10-21-13/h7,9-10H,5-6,8,11H2,1-4H3,(H,17,18,19). The molecule has 2 rings (SSSR count). The third kappa shape index (κ3) is 3.74. The van der Waals surface area contributed by atoms with Crippen molar-refractivity contribution in [2.45, 2.75) is 40.2 Å². The van der Waals surface area contributed by atoms with Gasteiger partial charge in [0.15, 0.2) is 0 Å². The van der Waals surface area contributed by atoms with Crippen molar-refractivity contribution >= 4 is 11.6 Å². The second-order valence-corrected chi connectivity index (χ2v) is 5.15. The molecule has 2 aromatic heterocycles. The predicted octanol–water partition coefficient (Wildman–Crippen LogP) is 3.40. The van der Waals surface area contributed by atoms with Gasteiger partial charge >= 0.3 is 0 Å². The van der Waals surface area contributed by atoms with Crippen LogP contribution in [-0.4, -0.2) is 23.6 Å². The predicted molar refractivity (Wildman–Crippen MR) is 85.7 cm³/mol. The highest BCUT2D eigenvalue weighted by atomic mass is 16.3. The van der Waals surface area contributed by atoms with Crippen LogP contribution in [0.4, 0.5) is 11.6 Å². The molecule has 0 atom stereocenters. The maximum Gasteiger partial charge on any atom is 0.137 e. The van der Waals surface area contributed by atoms with E-state index in [2.05, 4.69) is 36.0 Å². The van der Waals surface area contributed by atoms with E-state index in [9.17, 15) is 0 Å². The summed E-state index contributed by atoms with van der Waals surface area (Å²) in [7, 11) is 2.03. The minimum atomic E-state index is 0.696. The summed E-state index contributed by atoms with van der Waals surface area (Å²) in [6.07, 6.45) is 3.62. The first-order valence-electron chi connectivity index (χ1n) is 7.50.